The van der Waals surface area contributed by atoms with Crippen LogP contribution in [0.25, 0.3) is 0 Å². The van der Waals surface area contributed by atoms with Gasteiger partial charge in [-0.15, -0.1) is 0 Å². The Morgan fingerprint density at radius 2 is 0.786 bits per heavy atom. The number of allylic oxidation sites excluding steroid dienone is 6. The standard InChI is InChI=1S/3C7H12O2.Al/c3*1-3-6(8)5-7(9)4-2;/h3*5,8H,3-4H2,1-2H3;/q;;;+3/p-3/b3*6-5+;. The van der Waals surface area contributed by atoms with Gasteiger partial charge in [0.2, 0.25) is 0 Å². The van der Waals surface area contributed by atoms with E-state index < -0.39 is 15.1 Å². The highest BCUT2D eigenvalue weighted by Gasteiger charge is 2.45. The fourth-order valence-electron chi connectivity index (χ4n) is 1.95. The molecule has 0 heterocycles. The lowest BCUT2D eigenvalue weighted by atomic mass is 10.2. The predicted octanol–water partition coefficient (Wildman–Crippen LogP) is 4.84. The van der Waals surface area contributed by atoms with Gasteiger partial charge < -0.3 is 11.4 Å². The minimum atomic E-state index is -2.83. The number of carbonyl (C=O) groups is 3. The van der Waals surface area contributed by atoms with Crippen molar-refractivity contribution in [2.75, 3.05) is 0 Å². The fraction of sp³-hybridized carbons (Fsp3) is 0.571. The molecule has 156 valence electrons. The first kappa shape index (κ1) is 26.2. The van der Waals surface area contributed by atoms with Crippen LogP contribution in [0.1, 0.15) is 80.1 Å². The average Bonchev–Trinajstić information content (AvgIpc) is 2.71. The fourth-order valence-corrected chi connectivity index (χ4v) is 3.54. The number of hydrogen-bond acceptors (Lipinski definition) is 6. The second-order valence-electron chi connectivity index (χ2n) is 5.99. The van der Waals surface area contributed by atoms with E-state index in [-0.39, 0.29) is 17.3 Å². The van der Waals surface area contributed by atoms with E-state index in [9.17, 15) is 14.4 Å². The lowest BCUT2D eigenvalue weighted by Crippen LogP contribution is -2.27. The van der Waals surface area contributed by atoms with Crippen molar-refractivity contribution in [1.82, 2.24) is 0 Å². The molecule has 0 aliphatic rings. The molecule has 7 heteroatoms. The van der Waals surface area contributed by atoms with Crippen molar-refractivity contribution in [1.29, 1.82) is 0 Å². The molecule has 0 saturated heterocycles. The molecule has 0 aromatic rings. The van der Waals surface area contributed by atoms with Gasteiger partial charge in [0.1, 0.15) is 0 Å². The molecular weight excluding hydrogens is 375 g/mol. The van der Waals surface area contributed by atoms with Crippen molar-refractivity contribution in [3.05, 3.63) is 35.5 Å². The molecule has 0 fully saturated rings. The molecular formula is C21H33AlO6. The van der Waals surface area contributed by atoms with Gasteiger partial charge in [-0.1, -0.05) is 41.5 Å². The van der Waals surface area contributed by atoms with Gasteiger partial charge in [-0.2, -0.15) is 0 Å². The lowest BCUT2D eigenvalue weighted by molar-refractivity contribution is -0.115. The SMILES string of the molecule is CCC(=O)/C=C(\CC)[O][Al]([O]/C(=C/C(=O)CC)CC)[O]/C(=C/C(=O)CC)CC. The van der Waals surface area contributed by atoms with Crippen LogP contribution in [0.2, 0.25) is 0 Å². The Morgan fingerprint density at radius 1 is 0.536 bits per heavy atom. The first-order chi connectivity index (χ1) is 13.3. The molecule has 0 amide bonds. The van der Waals surface area contributed by atoms with Gasteiger partial charge in [-0.05, 0) is 19.3 Å². The average molecular weight is 408 g/mol. The number of ketones is 3. The quantitative estimate of drug-likeness (QED) is 0.219. The third-order valence-corrected chi connectivity index (χ3v) is 5.29. The molecule has 0 unspecified atom stereocenters. The molecule has 0 atom stereocenters. The third-order valence-electron chi connectivity index (χ3n) is 3.80. The van der Waals surface area contributed by atoms with Gasteiger partial charge in [-0.25, -0.2) is 0 Å². The maximum Gasteiger partial charge on any atom is 1.20 e. The molecule has 0 N–H and O–H groups in total. The molecule has 6 nitrogen and oxygen atoms in total. The lowest BCUT2D eigenvalue weighted by Gasteiger charge is -2.20. The summed E-state index contributed by atoms with van der Waals surface area (Å²) in [7, 11) is 0. The first-order valence-electron chi connectivity index (χ1n) is 10.0. The summed E-state index contributed by atoms with van der Waals surface area (Å²) in [4.78, 5) is 35.3. The minimum Gasteiger partial charge on any atom is -0.580 e. The molecule has 0 bridgehead atoms. The van der Waals surface area contributed by atoms with E-state index >= 15 is 0 Å². The summed E-state index contributed by atoms with van der Waals surface area (Å²) in [5.74, 6) is 1.26. The smallest absolute Gasteiger partial charge is 0.580 e. The number of carbonyl (C=O) groups excluding carboxylic acids is 3. The summed E-state index contributed by atoms with van der Waals surface area (Å²) >= 11 is -2.83. The van der Waals surface area contributed by atoms with Gasteiger partial charge in [0, 0.05) is 37.5 Å². The van der Waals surface area contributed by atoms with Gasteiger partial charge >= 0.3 is 15.1 Å². The molecule has 0 aromatic carbocycles. The Morgan fingerprint density at radius 3 is 0.964 bits per heavy atom. The van der Waals surface area contributed by atoms with Crippen LogP contribution in [0.5, 0.6) is 0 Å². The normalized spacial score (nSPS) is 12.4. The largest absolute Gasteiger partial charge is 1.20 e. The zero-order valence-corrected chi connectivity index (χ0v) is 19.2. The van der Waals surface area contributed by atoms with Crippen LogP contribution in [0.4, 0.5) is 0 Å². The molecule has 0 radical (unpaired) electrons. The van der Waals surface area contributed by atoms with E-state index in [4.69, 9.17) is 11.4 Å². The molecule has 0 spiro atoms. The van der Waals surface area contributed by atoms with Crippen molar-refractivity contribution >= 4 is 32.5 Å². The minimum absolute atomic E-state index is 0.0514. The maximum atomic E-state index is 11.8. The monoisotopic (exact) mass is 408 g/mol. The zero-order valence-electron chi connectivity index (χ0n) is 18.0. The summed E-state index contributed by atoms with van der Waals surface area (Å²) < 4.78 is 17.7. The predicted molar refractivity (Wildman–Crippen MR) is 110 cm³/mol. The van der Waals surface area contributed by atoms with Crippen molar-refractivity contribution < 1.29 is 25.7 Å². The van der Waals surface area contributed by atoms with Gasteiger partial charge in [-0.3, -0.25) is 14.4 Å². The van der Waals surface area contributed by atoms with Crippen molar-refractivity contribution in [3.8, 4) is 0 Å². The maximum absolute atomic E-state index is 11.8. The Labute approximate surface area is 174 Å². The highest BCUT2D eigenvalue weighted by atomic mass is 27.3. The van der Waals surface area contributed by atoms with Crippen LogP contribution in [0.3, 0.4) is 0 Å². The summed E-state index contributed by atoms with van der Waals surface area (Å²) in [5.41, 5.74) is 0. The third kappa shape index (κ3) is 11.1. The number of hydrogen-bond donors (Lipinski definition) is 0. The molecule has 0 aliphatic carbocycles. The van der Waals surface area contributed by atoms with Gasteiger partial charge in [0.25, 0.3) is 0 Å². The second-order valence-corrected chi connectivity index (χ2v) is 7.28. The van der Waals surface area contributed by atoms with Crippen LogP contribution in [-0.4, -0.2) is 32.5 Å². The Hall–Kier alpha value is -1.84. The molecule has 0 saturated carbocycles. The van der Waals surface area contributed by atoms with Crippen molar-refractivity contribution in [2.24, 2.45) is 0 Å². The summed E-state index contributed by atoms with van der Waals surface area (Å²) in [6.45, 7) is 10.9. The summed E-state index contributed by atoms with van der Waals surface area (Å²) in [5, 5.41) is 0. The second kappa shape index (κ2) is 15.1. The Kier molecular flexibility index (Phi) is 14.1. The molecule has 28 heavy (non-hydrogen) atoms. The van der Waals surface area contributed by atoms with E-state index in [2.05, 4.69) is 0 Å². The first-order valence-corrected chi connectivity index (χ1v) is 11.4. The van der Waals surface area contributed by atoms with E-state index in [0.29, 0.717) is 55.8 Å². The van der Waals surface area contributed by atoms with Crippen LogP contribution in [-0.2, 0) is 25.7 Å². The zero-order chi connectivity index (χ0) is 21.5. The summed E-state index contributed by atoms with van der Waals surface area (Å²) in [6, 6.07) is 0. The Balaban J connectivity index is 5.67. The summed E-state index contributed by atoms with van der Waals surface area (Å²) in [6.07, 6.45) is 6.97. The van der Waals surface area contributed by atoms with Crippen LogP contribution in [0.15, 0.2) is 35.5 Å². The van der Waals surface area contributed by atoms with Crippen LogP contribution < -0.4 is 0 Å². The molecule has 0 rings (SSSR count). The highest BCUT2D eigenvalue weighted by molar-refractivity contribution is 6.37. The van der Waals surface area contributed by atoms with Crippen LogP contribution >= 0.6 is 0 Å². The van der Waals surface area contributed by atoms with Crippen molar-refractivity contribution in [3.63, 3.8) is 0 Å². The van der Waals surface area contributed by atoms with Gasteiger partial charge in [0.15, 0.2) is 17.3 Å². The van der Waals surface area contributed by atoms with E-state index in [1.807, 2.05) is 20.8 Å². The van der Waals surface area contributed by atoms with E-state index in [1.165, 1.54) is 18.2 Å². The number of rotatable bonds is 15. The van der Waals surface area contributed by atoms with Crippen LogP contribution in [0, 0.1) is 0 Å². The highest BCUT2D eigenvalue weighted by Crippen LogP contribution is 2.17. The molecule has 0 aliphatic heterocycles. The Bertz CT molecular complexity index is 533. The topological polar surface area (TPSA) is 78.9 Å². The van der Waals surface area contributed by atoms with E-state index in [0.717, 1.165) is 0 Å². The van der Waals surface area contributed by atoms with Gasteiger partial charge in [0.05, 0.1) is 17.3 Å². The van der Waals surface area contributed by atoms with E-state index in [1.54, 1.807) is 20.8 Å². The molecule has 0 aromatic heterocycles. The van der Waals surface area contributed by atoms with Crippen molar-refractivity contribution in [2.45, 2.75) is 80.1 Å².